The molecule has 0 aliphatic rings. The maximum absolute atomic E-state index is 2.38. The summed E-state index contributed by atoms with van der Waals surface area (Å²) in [4.78, 5) is 0. The minimum atomic E-state index is 1.15. The van der Waals surface area contributed by atoms with Gasteiger partial charge in [0.25, 0.3) is 0 Å². The van der Waals surface area contributed by atoms with E-state index in [1.165, 1.54) is 60.8 Å². The number of aryl methyl sites for hydroxylation is 3. The van der Waals surface area contributed by atoms with Crippen LogP contribution in [0.25, 0.3) is 63.9 Å². The zero-order valence-corrected chi connectivity index (χ0v) is 26.5. The molecule has 222 valence electrons. The van der Waals surface area contributed by atoms with E-state index in [-0.39, 0.29) is 0 Å². The number of aromatic nitrogens is 3. The van der Waals surface area contributed by atoms with E-state index in [0.717, 1.165) is 5.69 Å². The zero-order valence-electron chi connectivity index (χ0n) is 26.5. The van der Waals surface area contributed by atoms with Gasteiger partial charge in [-0.15, -0.1) is 0 Å². The van der Waals surface area contributed by atoms with Gasteiger partial charge < -0.3 is 4.57 Å². The van der Waals surface area contributed by atoms with Crippen LogP contribution < -0.4 is 9.13 Å². The van der Waals surface area contributed by atoms with Gasteiger partial charge in [0.15, 0.2) is 24.8 Å². The zero-order chi connectivity index (χ0) is 31.5. The fourth-order valence-electron chi connectivity index (χ4n) is 5.78. The van der Waals surface area contributed by atoms with Crippen molar-refractivity contribution < 1.29 is 9.13 Å². The van der Waals surface area contributed by atoms with E-state index >= 15 is 0 Å². The molecule has 3 aromatic heterocycles. The van der Waals surface area contributed by atoms with Crippen LogP contribution in [0, 0.1) is 6.92 Å². The molecule has 0 amide bonds. The molecule has 46 heavy (non-hydrogen) atoms. The van der Waals surface area contributed by atoms with E-state index in [0.29, 0.717) is 0 Å². The topological polar surface area (TPSA) is 12.7 Å². The normalized spacial score (nSPS) is 12.0. The van der Waals surface area contributed by atoms with Crippen LogP contribution in [0.2, 0.25) is 0 Å². The molecule has 7 rings (SSSR count). The Morgan fingerprint density at radius 3 is 1.20 bits per heavy atom. The van der Waals surface area contributed by atoms with Crippen LogP contribution in [0.15, 0.2) is 134 Å². The summed E-state index contributed by atoms with van der Waals surface area (Å²) in [7, 11) is 4.07. The van der Waals surface area contributed by atoms with Crippen molar-refractivity contribution in [3.05, 3.63) is 173 Å². The van der Waals surface area contributed by atoms with E-state index in [4.69, 9.17) is 0 Å². The minimum absolute atomic E-state index is 1.15. The molecule has 0 bridgehead atoms. The van der Waals surface area contributed by atoms with E-state index in [1.807, 2.05) is 18.7 Å². The average molecular weight is 596 g/mol. The Kier molecular flexibility index (Phi) is 7.97. The number of fused-ring (bicyclic) bond motifs is 3. The predicted octanol–water partition coefficient (Wildman–Crippen LogP) is 9.25. The molecule has 0 spiro atoms. The Hall–Kier alpha value is -5.80. The second kappa shape index (κ2) is 12.7. The average Bonchev–Trinajstić information content (AvgIpc) is 3.41. The Morgan fingerprint density at radius 1 is 0.413 bits per heavy atom. The molecule has 0 radical (unpaired) electrons. The van der Waals surface area contributed by atoms with Crippen LogP contribution in [0.5, 0.6) is 0 Å². The predicted molar refractivity (Wildman–Crippen MR) is 194 cm³/mol. The lowest BCUT2D eigenvalue weighted by molar-refractivity contribution is -0.671. The summed E-state index contributed by atoms with van der Waals surface area (Å²) in [6.45, 7) is 2.12. The Morgan fingerprint density at radius 2 is 0.761 bits per heavy atom. The summed E-state index contributed by atoms with van der Waals surface area (Å²) < 4.78 is 6.48. The van der Waals surface area contributed by atoms with Crippen molar-refractivity contribution >= 4 is 58.3 Å². The fourth-order valence-corrected chi connectivity index (χ4v) is 5.78. The quantitative estimate of drug-likeness (QED) is 0.129. The van der Waals surface area contributed by atoms with Gasteiger partial charge in [0.05, 0.1) is 11.0 Å². The van der Waals surface area contributed by atoms with E-state index in [2.05, 4.69) is 186 Å². The molecular weight excluding hydrogens is 558 g/mol. The largest absolute Gasteiger partial charge is 0.309 e. The Bertz CT molecular complexity index is 2120. The van der Waals surface area contributed by atoms with Gasteiger partial charge in [0, 0.05) is 40.7 Å². The summed E-state index contributed by atoms with van der Waals surface area (Å²) in [6, 6.07) is 39.6. The number of pyridine rings is 2. The lowest BCUT2D eigenvalue weighted by Gasteiger charge is -2.09. The van der Waals surface area contributed by atoms with Crippen LogP contribution in [-0.2, 0) is 14.1 Å². The summed E-state index contributed by atoms with van der Waals surface area (Å²) in [6.07, 6.45) is 21.4. The number of hydrogen-bond acceptors (Lipinski definition) is 0. The van der Waals surface area contributed by atoms with Gasteiger partial charge in [0.1, 0.15) is 14.1 Å². The summed E-state index contributed by atoms with van der Waals surface area (Å²) in [5.41, 5.74) is 11.9. The van der Waals surface area contributed by atoms with Crippen molar-refractivity contribution in [1.29, 1.82) is 0 Å². The monoisotopic (exact) mass is 595 g/mol. The molecule has 0 fully saturated rings. The number of hydrogen-bond donors (Lipinski definition) is 0. The van der Waals surface area contributed by atoms with Gasteiger partial charge >= 0.3 is 0 Å². The highest BCUT2D eigenvalue weighted by atomic mass is 15.0. The number of benzene rings is 4. The smallest absolute Gasteiger partial charge is 0.169 e. The van der Waals surface area contributed by atoms with Crippen LogP contribution in [0.3, 0.4) is 0 Å². The lowest BCUT2D eigenvalue weighted by atomic mass is 10.1. The molecule has 3 heteroatoms. The van der Waals surface area contributed by atoms with Gasteiger partial charge in [-0.25, -0.2) is 9.13 Å². The second-order valence-electron chi connectivity index (χ2n) is 12.0. The maximum Gasteiger partial charge on any atom is 0.169 e. The molecule has 0 aliphatic carbocycles. The van der Waals surface area contributed by atoms with Gasteiger partial charge in [-0.3, -0.25) is 0 Å². The molecule has 7 aromatic rings. The highest BCUT2D eigenvalue weighted by Gasteiger charge is 2.13. The van der Waals surface area contributed by atoms with E-state index < -0.39 is 0 Å². The van der Waals surface area contributed by atoms with Crippen molar-refractivity contribution in [2.24, 2.45) is 14.1 Å². The Balaban J connectivity index is 1.28. The van der Waals surface area contributed by atoms with Crippen molar-refractivity contribution in [1.82, 2.24) is 4.57 Å². The third kappa shape index (κ3) is 6.36. The third-order valence-electron chi connectivity index (χ3n) is 8.46. The molecular formula is C43H37N3+2. The van der Waals surface area contributed by atoms with Crippen molar-refractivity contribution in [2.75, 3.05) is 0 Å². The van der Waals surface area contributed by atoms with Gasteiger partial charge in [-0.05, 0) is 76.7 Å². The number of rotatable bonds is 7. The fraction of sp³-hybridized carbons (Fsp3) is 0.0698. The molecule has 0 atom stereocenters. The minimum Gasteiger partial charge on any atom is -0.309 e. The third-order valence-corrected chi connectivity index (χ3v) is 8.46. The van der Waals surface area contributed by atoms with E-state index in [9.17, 15) is 0 Å². The first-order valence-corrected chi connectivity index (χ1v) is 15.7. The molecule has 3 nitrogen and oxygen atoms in total. The molecule has 0 saturated carbocycles. The van der Waals surface area contributed by atoms with Crippen LogP contribution in [0.4, 0.5) is 0 Å². The highest BCUT2D eigenvalue weighted by molar-refractivity contribution is 6.10. The molecule has 3 heterocycles. The molecule has 0 aliphatic heterocycles. The van der Waals surface area contributed by atoms with E-state index in [1.54, 1.807) is 0 Å². The number of nitrogens with zero attached hydrogens (tertiary/aromatic N) is 3. The first kappa shape index (κ1) is 28.9. The molecule has 0 saturated heterocycles. The van der Waals surface area contributed by atoms with Gasteiger partial charge in [0.2, 0.25) is 0 Å². The summed E-state index contributed by atoms with van der Waals surface area (Å²) >= 11 is 0. The van der Waals surface area contributed by atoms with Crippen molar-refractivity contribution in [2.45, 2.75) is 6.92 Å². The van der Waals surface area contributed by atoms with Crippen molar-refractivity contribution in [3.63, 3.8) is 0 Å². The maximum atomic E-state index is 2.38. The van der Waals surface area contributed by atoms with Crippen LogP contribution >= 0.6 is 0 Å². The van der Waals surface area contributed by atoms with Crippen LogP contribution in [0.1, 0.15) is 38.9 Å². The first-order valence-electron chi connectivity index (χ1n) is 15.7. The van der Waals surface area contributed by atoms with Gasteiger partial charge in [-0.2, -0.15) is 0 Å². The Labute approximate surface area is 271 Å². The summed E-state index contributed by atoms with van der Waals surface area (Å²) in [5.74, 6) is 0. The SMILES string of the molecule is Cc1ccc(C=Cc2ccc3c(c2)c2cc(C=Cc4cc[n+](C)cc4)ccc2n3-c2ccc(C=Cc3cc[n+](C)cc3)cc2)cc1. The highest BCUT2D eigenvalue weighted by Crippen LogP contribution is 2.34. The summed E-state index contributed by atoms with van der Waals surface area (Å²) in [5, 5.41) is 2.48. The second-order valence-corrected chi connectivity index (χ2v) is 12.0. The molecule has 0 N–H and O–H groups in total. The lowest BCUT2D eigenvalue weighted by Crippen LogP contribution is -2.25. The first-order chi connectivity index (χ1) is 22.5. The van der Waals surface area contributed by atoms with Crippen LogP contribution in [-0.4, -0.2) is 4.57 Å². The van der Waals surface area contributed by atoms with Gasteiger partial charge in [-0.1, -0.05) is 90.6 Å². The molecule has 4 aromatic carbocycles. The standard InChI is InChI=1S/C43H37N3/c1-32-4-6-33(7-5-32)10-12-37-16-20-42-40(30-37)41-31-38(13-11-36-24-28-45(3)29-25-36)17-21-43(41)46(42)39-18-14-34(15-19-39)8-9-35-22-26-44(2)27-23-35/h4-31H,1-3H3/q+2. The molecule has 0 unspecified atom stereocenters. The van der Waals surface area contributed by atoms with Crippen molar-refractivity contribution in [3.8, 4) is 5.69 Å².